The van der Waals surface area contributed by atoms with Crippen molar-refractivity contribution in [2.24, 2.45) is 0 Å². The van der Waals surface area contributed by atoms with Crippen LogP contribution < -0.4 is 5.32 Å². The molecule has 2 rings (SSSR count). The molecule has 86 valence electrons. The van der Waals surface area contributed by atoms with Gasteiger partial charge in [-0.25, -0.2) is 0 Å². The molecular weight excluding hydrogens is 208 g/mol. The number of piperazine rings is 1. The molecule has 0 aromatic carbocycles. The van der Waals surface area contributed by atoms with Crippen LogP contribution in [0.4, 0.5) is 0 Å². The van der Waals surface area contributed by atoms with Crippen molar-refractivity contribution in [1.82, 2.24) is 10.2 Å². The first-order chi connectivity index (χ1) is 7.29. The lowest BCUT2D eigenvalue weighted by Crippen LogP contribution is -2.59. The van der Waals surface area contributed by atoms with E-state index in [-0.39, 0.29) is 0 Å². The van der Waals surface area contributed by atoms with E-state index in [0.29, 0.717) is 24.4 Å². The van der Waals surface area contributed by atoms with Crippen molar-refractivity contribution >= 4 is 17.7 Å². The van der Waals surface area contributed by atoms with Gasteiger partial charge in [-0.1, -0.05) is 6.42 Å². The van der Waals surface area contributed by atoms with E-state index >= 15 is 0 Å². The van der Waals surface area contributed by atoms with E-state index < -0.39 is 0 Å². The zero-order valence-electron chi connectivity index (χ0n) is 9.37. The lowest BCUT2D eigenvalue weighted by molar-refractivity contribution is -0.133. The molecule has 0 saturated carbocycles. The standard InChI is InChI=1S/C11H20N2OS/c1-15-6-5-11(14)13-7-9-3-2-4-10(8-13)12-9/h9-10,12H,2-8H2,1H3. The monoisotopic (exact) mass is 228 g/mol. The summed E-state index contributed by atoms with van der Waals surface area (Å²) in [5, 5.41) is 3.59. The molecule has 0 radical (unpaired) electrons. The number of hydrogen-bond acceptors (Lipinski definition) is 3. The van der Waals surface area contributed by atoms with Gasteiger partial charge in [0.05, 0.1) is 0 Å². The van der Waals surface area contributed by atoms with Crippen molar-refractivity contribution in [3.63, 3.8) is 0 Å². The van der Waals surface area contributed by atoms with Crippen molar-refractivity contribution in [1.29, 1.82) is 0 Å². The molecule has 0 spiro atoms. The van der Waals surface area contributed by atoms with Crippen molar-refractivity contribution in [2.45, 2.75) is 37.8 Å². The minimum absolute atomic E-state index is 0.350. The number of fused-ring (bicyclic) bond motifs is 2. The number of carbonyl (C=O) groups excluding carboxylic acids is 1. The molecule has 2 aliphatic heterocycles. The van der Waals surface area contributed by atoms with Crippen LogP contribution in [0.5, 0.6) is 0 Å². The highest BCUT2D eigenvalue weighted by Gasteiger charge is 2.31. The molecule has 1 N–H and O–H groups in total. The minimum atomic E-state index is 0.350. The van der Waals surface area contributed by atoms with Gasteiger partial charge in [0.1, 0.15) is 0 Å². The number of carbonyl (C=O) groups is 1. The van der Waals surface area contributed by atoms with Crippen LogP contribution in [0.25, 0.3) is 0 Å². The van der Waals surface area contributed by atoms with E-state index in [2.05, 4.69) is 16.5 Å². The number of nitrogens with one attached hydrogen (secondary N) is 1. The van der Waals surface area contributed by atoms with Crippen LogP contribution in [0.2, 0.25) is 0 Å². The maximum absolute atomic E-state index is 11.9. The average molecular weight is 228 g/mol. The Morgan fingerprint density at radius 2 is 2.07 bits per heavy atom. The number of nitrogens with zero attached hydrogens (tertiary/aromatic N) is 1. The fourth-order valence-electron chi connectivity index (χ4n) is 2.56. The molecule has 1 amide bonds. The fourth-order valence-corrected chi connectivity index (χ4v) is 2.94. The zero-order valence-corrected chi connectivity index (χ0v) is 10.2. The highest BCUT2D eigenvalue weighted by molar-refractivity contribution is 7.98. The molecule has 3 nitrogen and oxygen atoms in total. The predicted molar refractivity (Wildman–Crippen MR) is 64.1 cm³/mol. The average Bonchev–Trinajstić information content (AvgIpc) is 2.25. The molecule has 0 aromatic rings. The highest BCUT2D eigenvalue weighted by atomic mass is 32.2. The molecule has 4 heteroatoms. The van der Waals surface area contributed by atoms with Crippen molar-refractivity contribution in [2.75, 3.05) is 25.1 Å². The number of rotatable bonds is 3. The molecule has 2 unspecified atom stereocenters. The van der Waals surface area contributed by atoms with Gasteiger partial charge in [0.2, 0.25) is 5.91 Å². The lowest BCUT2D eigenvalue weighted by atomic mass is 9.94. The Balaban J connectivity index is 1.85. The highest BCUT2D eigenvalue weighted by Crippen LogP contribution is 2.20. The first-order valence-electron chi connectivity index (χ1n) is 5.82. The Bertz CT molecular complexity index is 223. The number of amides is 1. The van der Waals surface area contributed by atoms with Gasteiger partial charge in [0, 0.05) is 37.3 Å². The molecule has 2 saturated heterocycles. The van der Waals surface area contributed by atoms with E-state index in [1.165, 1.54) is 19.3 Å². The first kappa shape index (κ1) is 11.3. The second-order valence-electron chi connectivity index (χ2n) is 4.53. The summed E-state index contributed by atoms with van der Waals surface area (Å²) in [4.78, 5) is 13.9. The second-order valence-corrected chi connectivity index (χ2v) is 5.52. The first-order valence-corrected chi connectivity index (χ1v) is 7.21. The van der Waals surface area contributed by atoms with Crippen LogP contribution in [-0.2, 0) is 4.79 Å². The third kappa shape index (κ3) is 2.88. The molecular formula is C11H20N2OS. The van der Waals surface area contributed by atoms with Crippen molar-refractivity contribution in [3.8, 4) is 0 Å². The Morgan fingerprint density at radius 1 is 1.40 bits per heavy atom. The number of likely N-dealkylation sites (tertiary alicyclic amines) is 1. The Kier molecular flexibility index (Phi) is 3.92. The summed E-state index contributed by atoms with van der Waals surface area (Å²) in [6.07, 6.45) is 6.57. The Labute approximate surface area is 96.0 Å². The van der Waals surface area contributed by atoms with Gasteiger partial charge in [-0.2, -0.15) is 11.8 Å². The number of piperidine rings is 1. The molecule has 2 bridgehead atoms. The SMILES string of the molecule is CSCCC(=O)N1CC2CCCC(C1)N2. The van der Waals surface area contributed by atoms with Crippen LogP contribution in [0.1, 0.15) is 25.7 Å². The summed E-state index contributed by atoms with van der Waals surface area (Å²) < 4.78 is 0. The Hall–Kier alpha value is -0.220. The van der Waals surface area contributed by atoms with Crippen molar-refractivity contribution < 1.29 is 4.79 Å². The van der Waals surface area contributed by atoms with Crippen LogP contribution in [0.3, 0.4) is 0 Å². The van der Waals surface area contributed by atoms with Gasteiger partial charge in [-0.3, -0.25) is 4.79 Å². The molecule has 2 heterocycles. The molecule has 2 atom stereocenters. The zero-order chi connectivity index (χ0) is 10.7. The lowest BCUT2D eigenvalue weighted by Gasteiger charge is -2.42. The predicted octanol–water partition coefficient (Wildman–Crippen LogP) is 1.09. The van der Waals surface area contributed by atoms with Crippen LogP contribution in [-0.4, -0.2) is 48.0 Å². The summed E-state index contributed by atoms with van der Waals surface area (Å²) in [6.45, 7) is 1.87. The van der Waals surface area contributed by atoms with Crippen LogP contribution in [0.15, 0.2) is 0 Å². The van der Waals surface area contributed by atoms with Gasteiger partial charge in [0.25, 0.3) is 0 Å². The Morgan fingerprint density at radius 3 is 2.67 bits per heavy atom. The van der Waals surface area contributed by atoms with Gasteiger partial charge in [-0.05, 0) is 19.1 Å². The summed E-state index contributed by atoms with van der Waals surface area (Å²) >= 11 is 1.75. The van der Waals surface area contributed by atoms with E-state index in [9.17, 15) is 4.79 Å². The summed E-state index contributed by atoms with van der Waals surface area (Å²) in [7, 11) is 0. The van der Waals surface area contributed by atoms with Crippen LogP contribution >= 0.6 is 11.8 Å². The third-order valence-electron chi connectivity index (χ3n) is 3.33. The van der Waals surface area contributed by atoms with E-state index in [1.54, 1.807) is 11.8 Å². The molecule has 15 heavy (non-hydrogen) atoms. The van der Waals surface area contributed by atoms with Gasteiger partial charge < -0.3 is 10.2 Å². The van der Waals surface area contributed by atoms with Gasteiger partial charge >= 0.3 is 0 Å². The summed E-state index contributed by atoms with van der Waals surface area (Å²) in [5.74, 6) is 1.31. The maximum Gasteiger partial charge on any atom is 0.223 e. The van der Waals surface area contributed by atoms with E-state index in [4.69, 9.17) is 0 Å². The minimum Gasteiger partial charge on any atom is -0.340 e. The maximum atomic E-state index is 11.9. The molecule has 0 aromatic heterocycles. The number of hydrogen-bond donors (Lipinski definition) is 1. The quantitative estimate of drug-likeness (QED) is 0.785. The van der Waals surface area contributed by atoms with E-state index in [0.717, 1.165) is 18.8 Å². The molecule has 0 aliphatic carbocycles. The van der Waals surface area contributed by atoms with Crippen molar-refractivity contribution in [3.05, 3.63) is 0 Å². The normalized spacial score (nSPS) is 30.3. The summed E-state index contributed by atoms with van der Waals surface area (Å²) in [6, 6.07) is 1.13. The van der Waals surface area contributed by atoms with Gasteiger partial charge in [-0.15, -0.1) is 0 Å². The largest absolute Gasteiger partial charge is 0.340 e. The van der Waals surface area contributed by atoms with Crippen LogP contribution in [0, 0.1) is 0 Å². The smallest absolute Gasteiger partial charge is 0.223 e. The van der Waals surface area contributed by atoms with E-state index in [1.807, 2.05) is 0 Å². The molecule has 2 fully saturated rings. The van der Waals surface area contributed by atoms with Gasteiger partial charge in [0.15, 0.2) is 0 Å². The fraction of sp³-hybridized carbons (Fsp3) is 0.909. The third-order valence-corrected chi connectivity index (χ3v) is 3.94. The molecule has 2 aliphatic rings. The topological polar surface area (TPSA) is 32.3 Å². The number of thioether (sulfide) groups is 1. The summed E-state index contributed by atoms with van der Waals surface area (Å²) in [5.41, 5.74) is 0. The second kappa shape index (κ2) is 5.21.